The topological polar surface area (TPSA) is 99.0 Å². The van der Waals surface area contributed by atoms with Crippen LogP contribution < -0.4 is 5.32 Å². The lowest BCUT2D eigenvalue weighted by molar-refractivity contribution is -0.115. The number of benzene rings is 2. The number of amides is 1. The number of ether oxygens (including phenoxy) is 1. The van der Waals surface area contributed by atoms with Crippen LogP contribution in [0.4, 0.5) is 5.00 Å². The number of para-hydroxylation sites is 1. The molecule has 8 nitrogen and oxygen atoms in total. The number of carbonyl (C=O) groups excluding carboxylic acids is 2. The van der Waals surface area contributed by atoms with Gasteiger partial charge in [0.25, 0.3) is 0 Å². The lowest BCUT2D eigenvalue weighted by atomic mass is 9.95. The van der Waals surface area contributed by atoms with Gasteiger partial charge in [0, 0.05) is 16.8 Å². The van der Waals surface area contributed by atoms with Crippen molar-refractivity contribution in [3.05, 3.63) is 76.2 Å². The number of fused-ring (bicyclic) bond motifs is 4. The van der Waals surface area contributed by atoms with Crippen molar-refractivity contribution in [2.75, 3.05) is 11.9 Å². The van der Waals surface area contributed by atoms with Gasteiger partial charge in [0.2, 0.25) is 11.1 Å². The second-order valence-electron chi connectivity index (χ2n) is 9.99. The number of rotatable bonds is 9. The molecule has 1 aliphatic rings. The Balaban J connectivity index is 1.29. The van der Waals surface area contributed by atoms with E-state index in [1.807, 2.05) is 43.3 Å². The Hall–Kier alpha value is -3.76. The zero-order valence-electron chi connectivity index (χ0n) is 23.1. The molecule has 10 heteroatoms. The Morgan fingerprint density at radius 3 is 2.63 bits per heavy atom. The molecule has 210 valence electrons. The fourth-order valence-electron chi connectivity index (χ4n) is 5.38. The molecule has 0 bridgehead atoms. The van der Waals surface area contributed by atoms with E-state index in [9.17, 15) is 9.59 Å². The number of aryl methyl sites for hydroxylation is 1. The summed E-state index contributed by atoms with van der Waals surface area (Å²) in [4.78, 5) is 32.5. The number of esters is 1. The lowest BCUT2D eigenvalue weighted by Gasteiger charge is -2.14. The van der Waals surface area contributed by atoms with E-state index in [0.717, 1.165) is 58.9 Å². The minimum atomic E-state index is -0.463. The third-order valence-electron chi connectivity index (χ3n) is 7.34. The summed E-state index contributed by atoms with van der Waals surface area (Å²) >= 11 is 2.79. The molecule has 6 rings (SSSR count). The summed E-state index contributed by atoms with van der Waals surface area (Å²) in [7, 11) is 0. The van der Waals surface area contributed by atoms with Gasteiger partial charge >= 0.3 is 5.97 Å². The van der Waals surface area contributed by atoms with E-state index in [4.69, 9.17) is 9.72 Å². The van der Waals surface area contributed by atoms with Crippen molar-refractivity contribution in [1.82, 2.24) is 19.7 Å². The maximum Gasteiger partial charge on any atom is 0.341 e. The van der Waals surface area contributed by atoms with Gasteiger partial charge in [0.1, 0.15) is 10.5 Å². The summed E-state index contributed by atoms with van der Waals surface area (Å²) in [5, 5.41) is 13.6. The van der Waals surface area contributed by atoms with E-state index >= 15 is 0 Å². The van der Waals surface area contributed by atoms with Gasteiger partial charge in [-0.3, -0.25) is 4.79 Å². The summed E-state index contributed by atoms with van der Waals surface area (Å²) in [5.74, 6) is -0.553. The van der Waals surface area contributed by atoms with Crippen LogP contribution in [0, 0.1) is 0 Å². The monoisotopic (exact) mass is 585 g/mol. The molecule has 0 unspecified atom stereocenters. The zero-order chi connectivity index (χ0) is 28.3. The van der Waals surface area contributed by atoms with Gasteiger partial charge in [-0.2, -0.15) is 0 Å². The average Bonchev–Trinajstić information content (AvgIpc) is 3.51. The standard InChI is InChI=1S/C31H31N5O3S2/c1-3-23(28(37)33-29-25(30(38)39-4-2)21-15-9-11-17-24(21)40-29)41-31-32-27-26(34-35-31)20-14-8-10-16-22(20)36(27)18-19-12-6-5-7-13-19/h5-8,10,12-14,16,23H,3-4,9,11,15,17-18H2,1-2H3,(H,33,37)/t23-/m0/s1. The van der Waals surface area contributed by atoms with Crippen molar-refractivity contribution in [1.29, 1.82) is 0 Å². The first kappa shape index (κ1) is 27.4. The number of nitrogens with one attached hydrogen (secondary N) is 1. The SMILES string of the molecule is CCOC(=O)c1c(NC(=O)[C@H](CC)Sc2nnc3c4ccccc4n(Cc4ccccc4)c3n2)sc2c1CCCC2. The predicted molar refractivity (Wildman–Crippen MR) is 164 cm³/mol. The van der Waals surface area contributed by atoms with E-state index < -0.39 is 5.25 Å². The third-order valence-corrected chi connectivity index (χ3v) is 9.76. The molecule has 1 aliphatic carbocycles. The second kappa shape index (κ2) is 12.0. The van der Waals surface area contributed by atoms with Crippen molar-refractivity contribution >= 4 is 62.0 Å². The fourth-order valence-corrected chi connectivity index (χ4v) is 7.47. The number of thioether (sulfide) groups is 1. The maximum absolute atomic E-state index is 13.5. The van der Waals surface area contributed by atoms with Gasteiger partial charge in [0.05, 0.1) is 22.9 Å². The predicted octanol–water partition coefficient (Wildman–Crippen LogP) is 6.65. The Morgan fingerprint density at radius 2 is 1.83 bits per heavy atom. The van der Waals surface area contributed by atoms with E-state index in [2.05, 4.69) is 38.3 Å². The Bertz CT molecular complexity index is 1730. The Morgan fingerprint density at radius 1 is 1.05 bits per heavy atom. The number of anilines is 1. The van der Waals surface area contributed by atoms with E-state index in [1.165, 1.54) is 28.0 Å². The molecule has 1 amide bonds. The van der Waals surface area contributed by atoms with Crippen molar-refractivity contribution in [3.8, 4) is 0 Å². The molecule has 3 aromatic heterocycles. The van der Waals surface area contributed by atoms with Crippen LogP contribution in [0.15, 0.2) is 59.8 Å². The summed E-state index contributed by atoms with van der Waals surface area (Å²) in [6.45, 7) is 4.69. The zero-order valence-corrected chi connectivity index (χ0v) is 24.7. The quantitative estimate of drug-likeness (QED) is 0.153. The van der Waals surface area contributed by atoms with Crippen molar-refractivity contribution in [3.63, 3.8) is 0 Å². The molecular formula is C31H31N5O3S2. The number of nitrogens with zero attached hydrogens (tertiary/aromatic N) is 4. The van der Waals surface area contributed by atoms with Crippen LogP contribution in [0.1, 0.15) is 59.5 Å². The number of hydrogen-bond acceptors (Lipinski definition) is 8. The number of carbonyl (C=O) groups is 2. The van der Waals surface area contributed by atoms with Crippen LogP contribution in [0.25, 0.3) is 22.1 Å². The number of thiophene rings is 1. The Kier molecular flexibility index (Phi) is 8.02. The summed E-state index contributed by atoms with van der Waals surface area (Å²) in [6.07, 6.45) is 4.43. The normalized spacial score (nSPS) is 13.7. The first-order chi connectivity index (χ1) is 20.1. The molecule has 2 aromatic carbocycles. The molecule has 0 radical (unpaired) electrons. The second-order valence-corrected chi connectivity index (χ2v) is 12.3. The van der Waals surface area contributed by atoms with Gasteiger partial charge in [-0.1, -0.05) is 67.2 Å². The van der Waals surface area contributed by atoms with Crippen LogP contribution in [0.2, 0.25) is 0 Å². The molecule has 0 aliphatic heterocycles. The summed E-state index contributed by atoms with van der Waals surface area (Å²) < 4.78 is 7.51. The van der Waals surface area contributed by atoms with Gasteiger partial charge in [-0.05, 0) is 56.2 Å². The van der Waals surface area contributed by atoms with Crippen LogP contribution in [-0.4, -0.2) is 43.5 Å². The van der Waals surface area contributed by atoms with Crippen LogP contribution in [-0.2, 0) is 28.9 Å². The van der Waals surface area contributed by atoms with Gasteiger partial charge in [-0.25, -0.2) is 9.78 Å². The molecule has 1 N–H and O–H groups in total. The Labute approximate surface area is 246 Å². The molecule has 41 heavy (non-hydrogen) atoms. The van der Waals surface area contributed by atoms with E-state index in [1.54, 1.807) is 6.92 Å². The average molecular weight is 586 g/mol. The minimum Gasteiger partial charge on any atom is -0.462 e. The smallest absolute Gasteiger partial charge is 0.341 e. The fraction of sp³-hybridized carbons (Fsp3) is 0.323. The lowest BCUT2D eigenvalue weighted by Crippen LogP contribution is -2.25. The van der Waals surface area contributed by atoms with Crippen molar-refractivity contribution < 1.29 is 14.3 Å². The van der Waals surface area contributed by atoms with Crippen LogP contribution in [0.5, 0.6) is 0 Å². The van der Waals surface area contributed by atoms with Crippen molar-refractivity contribution in [2.45, 2.75) is 62.9 Å². The first-order valence-corrected chi connectivity index (χ1v) is 15.7. The van der Waals surface area contributed by atoms with E-state index in [-0.39, 0.29) is 18.5 Å². The molecular weight excluding hydrogens is 555 g/mol. The number of aromatic nitrogens is 4. The molecule has 5 aromatic rings. The molecule has 0 fully saturated rings. The minimum absolute atomic E-state index is 0.185. The van der Waals surface area contributed by atoms with E-state index in [0.29, 0.717) is 28.7 Å². The highest BCUT2D eigenvalue weighted by Crippen LogP contribution is 2.39. The largest absolute Gasteiger partial charge is 0.462 e. The molecule has 0 saturated carbocycles. The highest BCUT2D eigenvalue weighted by molar-refractivity contribution is 8.00. The molecule has 0 spiro atoms. The van der Waals surface area contributed by atoms with Gasteiger partial charge in [-0.15, -0.1) is 21.5 Å². The summed E-state index contributed by atoms with van der Waals surface area (Å²) in [5.41, 5.74) is 5.21. The molecule has 0 saturated heterocycles. The third kappa shape index (κ3) is 5.46. The number of hydrogen-bond donors (Lipinski definition) is 1. The maximum atomic E-state index is 13.5. The highest BCUT2D eigenvalue weighted by atomic mass is 32.2. The van der Waals surface area contributed by atoms with Gasteiger partial charge < -0.3 is 14.6 Å². The molecule has 1 atom stereocenters. The van der Waals surface area contributed by atoms with Crippen LogP contribution >= 0.6 is 23.1 Å². The van der Waals surface area contributed by atoms with Crippen molar-refractivity contribution in [2.24, 2.45) is 0 Å². The highest BCUT2D eigenvalue weighted by Gasteiger charge is 2.29. The van der Waals surface area contributed by atoms with Crippen LogP contribution in [0.3, 0.4) is 0 Å². The first-order valence-electron chi connectivity index (χ1n) is 14.0. The molecule has 3 heterocycles. The van der Waals surface area contributed by atoms with Gasteiger partial charge in [0.15, 0.2) is 5.65 Å². The summed E-state index contributed by atoms with van der Waals surface area (Å²) in [6, 6.07) is 18.3.